The van der Waals surface area contributed by atoms with Gasteiger partial charge in [-0.2, -0.15) is 0 Å². The molecular weight excluding hydrogens is 244 g/mol. The van der Waals surface area contributed by atoms with Gasteiger partial charge in [0.05, 0.1) is 6.67 Å². The van der Waals surface area contributed by atoms with Gasteiger partial charge in [-0.3, -0.25) is 0 Å². The van der Waals surface area contributed by atoms with Gasteiger partial charge in [0.15, 0.2) is 0 Å². The van der Waals surface area contributed by atoms with Crippen molar-refractivity contribution in [3.63, 3.8) is 0 Å². The Morgan fingerprint density at radius 2 is 2.00 bits per heavy atom. The minimum Gasteiger partial charge on any atom is -0.355 e. The van der Waals surface area contributed by atoms with Gasteiger partial charge in [0.2, 0.25) is 0 Å². The molecule has 0 unspecified atom stereocenters. The maximum atomic E-state index is 2.29. The Balaban J connectivity index is 1.65. The van der Waals surface area contributed by atoms with Crippen molar-refractivity contribution in [2.45, 2.75) is 13.3 Å². The molecule has 1 heterocycles. The first-order valence-electron chi connectivity index (χ1n) is 7.13. The molecule has 20 heavy (non-hydrogen) atoms. The van der Waals surface area contributed by atoms with Crippen LogP contribution in [-0.2, 0) is 0 Å². The molecule has 3 rings (SSSR count). The molecule has 0 fully saturated rings. The summed E-state index contributed by atoms with van der Waals surface area (Å²) >= 11 is 0. The summed E-state index contributed by atoms with van der Waals surface area (Å²) in [4.78, 5) is 4.56. The molecule has 2 heteroatoms. The Morgan fingerprint density at radius 1 is 1.15 bits per heavy atom. The first kappa shape index (κ1) is 12.8. The van der Waals surface area contributed by atoms with Crippen molar-refractivity contribution in [3.05, 3.63) is 72.6 Å². The van der Waals surface area contributed by atoms with E-state index in [-0.39, 0.29) is 0 Å². The number of rotatable bonds is 4. The average molecular weight is 264 g/mol. The number of benzene rings is 1. The van der Waals surface area contributed by atoms with Crippen molar-refractivity contribution in [1.82, 2.24) is 4.90 Å². The van der Waals surface area contributed by atoms with Gasteiger partial charge in [0, 0.05) is 24.6 Å². The van der Waals surface area contributed by atoms with E-state index in [0.29, 0.717) is 0 Å². The lowest BCUT2D eigenvalue weighted by Crippen LogP contribution is -2.24. The van der Waals surface area contributed by atoms with E-state index in [1.165, 1.54) is 16.8 Å². The fourth-order valence-electron chi connectivity index (χ4n) is 2.52. The topological polar surface area (TPSA) is 6.48 Å². The molecule has 2 aliphatic rings. The van der Waals surface area contributed by atoms with Crippen LogP contribution in [0, 0.1) is 0 Å². The van der Waals surface area contributed by atoms with E-state index in [4.69, 9.17) is 0 Å². The third kappa shape index (κ3) is 2.69. The van der Waals surface area contributed by atoms with Gasteiger partial charge in [-0.1, -0.05) is 42.5 Å². The Bertz CT molecular complexity index is 576. The number of hydrogen-bond donors (Lipinski definition) is 0. The van der Waals surface area contributed by atoms with E-state index >= 15 is 0 Å². The Hall–Kier alpha value is -2.22. The number of nitrogens with zero attached hydrogens (tertiary/aromatic N) is 2. The van der Waals surface area contributed by atoms with Gasteiger partial charge in [-0.15, -0.1) is 0 Å². The lowest BCUT2D eigenvalue weighted by molar-refractivity contribution is 0.450. The molecule has 102 valence electrons. The van der Waals surface area contributed by atoms with E-state index in [1.807, 2.05) is 0 Å². The predicted octanol–water partition coefficient (Wildman–Crippen LogP) is 4.16. The van der Waals surface area contributed by atoms with Crippen molar-refractivity contribution in [3.8, 4) is 0 Å². The van der Waals surface area contributed by atoms with Crippen LogP contribution in [0.15, 0.2) is 67.0 Å². The minimum absolute atomic E-state index is 0.925. The first-order valence-corrected chi connectivity index (χ1v) is 7.13. The van der Waals surface area contributed by atoms with Crippen molar-refractivity contribution in [1.29, 1.82) is 0 Å². The fourth-order valence-corrected chi connectivity index (χ4v) is 2.52. The van der Waals surface area contributed by atoms with Crippen LogP contribution >= 0.6 is 0 Å². The molecule has 1 aliphatic heterocycles. The molecular formula is C18H20N2. The van der Waals surface area contributed by atoms with Crippen LogP contribution in [0.1, 0.15) is 18.9 Å². The molecule has 1 aliphatic carbocycles. The zero-order valence-corrected chi connectivity index (χ0v) is 11.9. The largest absolute Gasteiger partial charge is 0.355 e. The van der Waals surface area contributed by atoms with Crippen molar-refractivity contribution in [2.75, 3.05) is 18.1 Å². The summed E-state index contributed by atoms with van der Waals surface area (Å²) in [5.41, 5.74) is 3.98. The van der Waals surface area contributed by atoms with E-state index in [9.17, 15) is 0 Å². The highest BCUT2D eigenvalue weighted by Gasteiger charge is 2.13. The number of hydrogen-bond acceptors (Lipinski definition) is 2. The standard InChI is InChI=1S/C18H20N2/c1-2-3-12-19-13-14-20(15-19)18-10-8-17(9-11-18)16-6-4-5-7-16/h2-6,8-11,13-14H,7,12,15H2,1H3/b3-2+. The van der Waals surface area contributed by atoms with Crippen LogP contribution in [0.25, 0.3) is 5.57 Å². The number of allylic oxidation sites excluding steroid dienone is 5. The highest BCUT2D eigenvalue weighted by Crippen LogP contribution is 2.26. The molecule has 0 N–H and O–H groups in total. The molecule has 0 radical (unpaired) electrons. The summed E-state index contributed by atoms with van der Waals surface area (Å²) < 4.78 is 0. The van der Waals surface area contributed by atoms with E-state index < -0.39 is 0 Å². The Morgan fingerprint density at radius 3 is 2.70 bits per heavy atom. The lowest BCUT2D eigenvalue weighted by Gasteiger charge is -2.20. The minimum atomic E-state index is 0.925. The van der Waals surface area contributed by atoms with E-state index in [1.54, 1.807) is 0 Å². The fraction of sp³-hybridized carbons (Fsp3) is 0.222. The lowest BCUT2D eigenvalue weighted by atomic mass is 10.0. The smallest absolute Gasteiger partial charge is 0.0945 e. The van der Waals surface area contributed by atoms with Crippen LogP contribution in [0.2, 0.25) is 0 Å². The van der Waals surface area contributed by atoms with Gasteiger partial charge in [0.25, 0.3) is 0 Å². The number of anilines is 1. The van der Waals surface area contributed by atoms with Crippen LogP contribution in [-0.4, -0.2) is 18.1 Å². The molecule has 1 aromatic carbocycles. The predicted molar refractivity (Wildman–Crippen MR) is 86.2 cm³/mol. The summed E-state index contributed by atoms with van der Waals surface area (Å²) in [7, 11) is 0. The molecule has 0 atom stereocenters. The maximum Gasteiger partial charge on any atom is 0.0945 e. The quantitative estimate of drug-likeness (QED) is 0.754. The summed E-state index contributed by atoms with van der Waals surface area (Å²) in [5.74, 6) is 0. The summed E-state index contributed by atoms with van der Waals surface area (Å²) in [5, 5.41) is 0. The molecule has 0 saturated carbocycles. The summed E-state index contributed by atoms with van der Waals surface area (Å²) in [6.45, 7) is 3.96. The van der Waals surface area contributed by atoms with E-state index in [0.717, 1.165) is 19.6 Å². The molecule has 2 nitrogen and oxygen atoms in total. The van der Waals surface area contributed by atoms with Crippen molar-refractivity contribution in [2.24, 2.45) is 0 Å². The zero-order valence-electron chi connectivity index (χ0n) is 11.9. The monoisotopic (exact) mass is 264 g/mol. The van der Waals surface area contributed by atoms with E-state index in [2.05, 4.69) is 83.8 Å². The highest BCUT2D eigenvalue weighted by molar-refractivity contribution is 5.72. The first-order chi connectivity index (χ1) is 9.86. The Kier molecular flexibility index (Phi) is 3.73. The van der Waals surface area contributed by atoms with Gasteiger partial charge < -0.3 is 9.80 Å². The third-order valence-corrected chi connectivity index (χ3v) is 3.71. The maximum absolute atomic E-state index is 2.29. The van der Waals surface area contributed by atoms with Crippen LogP contribution in [0.5, 0.6) is 0 Å². The molecule has 0 spiro atoms. The summed E-state index contributed by atoms with van der Waals surface area (Å²) in [6, 6.07) is 8.85. The van der Waals surface area contributed by atoms with Crippen molar-refractivity contribution < 1.29 is 0 Å². The SMILES string of the molecule is C/C=C/CN1C=CN(c2ccc(C3=CC=CC3)cc2)C1. The third-order valence-electron chi connectivity index (χ3n) is 3.71. The van der Waals surface area contributed by atoms with Gasteiger partial charge in [0.1, 0.15) is 0 Å². The van der Waals surface area contributed by atoms with Crippen molar-refractivity contribution >= 4 is 11.3 Å². The van der Waals surface area contributed by atoms with Gasteiger partial charge >= 0.3 is 0 Å². The molecule has 0 aromatic heterocycles. The summed E-state index contributed by atoms with van der Waals surface area (Å²) in [6.07, 6.45) is 16.2. The second kappa shape index (κ2) is 5.83. The molecule has 0 bridgehead atoms. The zero-order chi connectivity index (χ0) is 13.8. The molecule has 1 aromatic rings. The van der Waals surface area contributed by atoms with Crippen LogP contribution < -0.4 is 4.90 Å². The second-order valence-electron chi connectivity index (χ2n) is 5.12. The van der Waals surface area contributed by atoms with Crippen LogP contribution in [0.4, 0.5) is 5.69 Å². The average Bonchev–Trinajstić information content (AvgIpc) is 3.17. The second-order valence-corrected chi connectivity index (χ2v) is 5.12. The Labute approximate surface area is 121 Å². The van der Waals surface area contributed by atoms with Gasteiger partial charge in [-0.05, 0) is 36.6 Å². The van der Waals surface area contributed by atoms with Gasteiger partial charge in [-0.25, -0.2) is 0 Å². The van der Waals surface area contributed by atoms with Crippen LogP contribution in [0.3, 0.4) is 0 Å². The normalized spacial score (nSPS) is 17.6. The highest BCUT2D eigenvalue weighted by atomic mass is 15.3. The molecule has 0 saturated heterocycles. The molecule has 0 amide bonds.